The molecule has 155 valence electrons. The van der Waals surface area contributed by atoms with Gasteiger partial charge in [0.05, 0.1) is 0 Å². The molecule has 1 radical (unpaired) electrons. The van der Waals surface area contributed by atoms with Crippen molar-refractivity contribution in [3.63, 3.8) is 0 Å². The predicted molar refractivity (Wildman–Crippen MR) is 138 cm³/mol. The molecule has 0 heterocycles. The van der Waals surface area contributed by atoms with E-state index in [-0.39, 0.29) is 0 Å². The van der Waals surface area contributed by atoms with Crippen LogP contribution in [-0.4, -0.2) is 12.7 Å². The second-order valence-electron chi connectivity index (χ2n) is 8.12. The van der Waals surface area contributed by atoms with Gasteiger partial charge in [-0.15, -0.1) is 0 Å². The topological polar surface area (TPSA) is 29.5 Å². The number of hydrogen-bond acceptors (Lipinski definition) is 2. The van der Waals surface area contributed by atoms with Crippen molar-refractivity contribution in [1.82, 2.24) is 0 Å². The highest BCUT2D eigenvalue weighted by Crippen LogP contribution is 2.45. The fourth-order valence-corrected chi connectivity index (χ4v) is 4.93. The van der Waals surface area contributed by atoms with Gasteiger partial charge in [-0.2, -0.15) is 0 Å². The van der Waals surface area contributed by atoms with Gasteiger partial charge in [-0.05, 0) is 66.7 Å². The highest BCUT2D eigenvalue weighted by molar-refractivity contribution is 6.23. The summed E-state index contributed by atoms with van der Waals surface area (Å²) in [6.45, 7) is 0. The van der Waals surface area contributed by atoms with Crippen molar-refractivity contribution in [2.45, 2.75) is 0 Å². The molecule has 0 aliphatic rings. The molecule has 0 atom stereocenters. The normalized spacial score (nSPS) is 11.2. The third-order valence-electron chi connectivity index (χ3n) is 6.32. The summed E-state index contributed by atoms with van der Waals surface area (Å²) in [5.41, 5.74) is 4.81. The summed E-state index contributed by atoms with van der Waals surface area (Å²) in [7, 11) is 0.707. The number of rotatable bonds is 4. The van der Waals surface area contributed by atoms with Gasteiger partial charge in [0.1, 0.15) is 5.75 Å². The standard InChI is InChI=1S/C30H20BO2/c32-31-33-22-18-16-21(17-19-22)29-25-11-3-5-13-27(25)30(28-14-6-4-12-26(28)29)24-15-7-9-20-8-1-2-10-23(20)24/h1-19,32H. The van der Waals surface area contributed by atoms with Crippen LogP contribution in [0.15, 0.2) is 115 Å². The average Bonchev–Trinajstić information content (AvgIpc) is 2.88. The Bertz CT molecular complexity index is 1560. The fraction of sp³-hybridized carbons (Fsp3) is 0. The minimum absolute atomic E-state index is 0.599. The average molecular weight is 423 g/mol. The SMILES string of the molecule is O[B]Oc1ccc(-c2c3ccccc3c(-c3cccc4ccccc34)c3ccccc23)cc1. The second-order valence-corrected chi connectivity index (χ2v) is 8.12. The molecule has 0 aromatic heterocycles. The molecule has 0 unspecified atom stereocenters. The Kier molecular flexibility index (Phi) is 4.82. The lowest BCUT2D eigenvalue weighted by Crippen LogP contribution is -1.99. The van der Waals surface area contributed by atoms with Crippen LogP contribution in [0.2, 0.25) is 0 Å². The van der Waals surface area contributed by atoms with Crippen molar-refractivity contribution in [3.8, 4) is 28.0 Å². The van der Waals surface area contributed by atoms with Crippen molar-refractivity contribution in [3.05, 3.63) is 115 Å². The lowest BCUT2D eigenvalue weighted by molar-refractivity contribution is 0.454. The first-order valence-electron chi connectivity index (χ1n) is 11.0. The van der Waals surface area contributed by atoms with Crippen LogP contribution in [-0.2, 0) is 0 Å². The van der Waals surface area contributed by atoms with Gasteiger partial charge < -0.3 is 9.68 Å². The van der Waals surface area contributed by atoms with Crippen molar-refractivity contribution in [2.24, 2.45) is 0 Å². The summed E-state index contributed by atoms with van der Waals surface area (Å²) < 4.78 is 5.12. The molecule has 6 rings (SSSR count). The molecule has 0 amide bonds. The Balaban J connectivity index is 1.74. The molecule has 33 heavy (non-hydrogen) atoms. The Labute approximate surface area is 193 Å². The zero-order valence-corrected chi connectivity index (χ0v) is 17.9. The number of fused-ring (bicyclic) bond motifs is 3. The fourth-order valence-electron chi connectivity index (χ4n) is 4.93. The third kappa shape index (κ3) is 3.26. The van der Waals surface area contributed by atoms with Gasteiger partial charge in [-0.3, -0.25) is 0 Å². The minimum atomic E-state index is 0.599. The van der Waals surface area contributed by atoms with E-state index in [4.69, 9.17) is 9.68 Å². The van der Waals surface area contributed by atoms with Crippen LogP contribution in [0.3, 0.4) is 0 Å². The van der Waals surface area contributed by atoms with Crippen molar-refractivity contribution in [1.29, 1.82) is 0 Å². The quantitative estimate of drug-likeness (QED) is 0.237. The zero-order chi connectivity index (χ0) is 22.2. The second kappa shape index (κ2) is 8.12. The summed E-state index contributed by atoms with van der Waals surface area (Å²) in [5, 5.41) is 16.3. The molecule has 3 heteroatoms. The highest BCUT2D eigenvalue weighted by atomic mass is 16.5. The molecule has 0 aliphatic heterocycles. The van der Waals surface area contributed by atoms with E-state index in [1.807, 2.05) is 24.3 Å². The van der Waals surface area contributed by atoms with E-state index in [0.717, 1.165) is 5.56 Å². The van der Waals surface area contributed by atoms with E-state index < -0.39 is 0 Å². The van der Waals surface area contributed by atoms with E-state index in [2.05, 4.69) is 91.0 Å². The Morgan fingerprint density at radius 2 is 1.00 bits per heavy atom. The molecule has 0 bridgehead atoms. The first-order chi connectivity index (χ1) is 16.3. The van der Waals surface area contributed by atoms with Gasteiger partial charge in [0, 0.05) is 0 Å². The van der Waals surface area contributed by atoms with Gasteiger partial charge in [0.25, 0.3) is 0 Å². The molecule has 6 aromatic carbocycles. The smallest absolute Gasteiger partial charge is 0.537 e. The summed E-state index contributed by atoms with van der Waals surface area (Å²) in [5.74, 6) is 0.599. The molecule has 0 aliphatic carbocycles. The van der Waals surface area contributed by atoms with Gasteiger partial charge in [-0.25, -0.2) is 0 Å². The lowest BCUT2D eigenvalue weighted by Gasteiger charge is -2.19. The molecule has 0 fully saturated rings. The van der Waals surface area contributed by atoms with Gasteiger partial charge in [0.15, 0.2) is 0 Å². The molecule has 6 aromatic rings. The van der Waals surface area contributed by atoms with Crippen molar-refractivity contribution >= 4 is 40.0 Å². The number of hydrogen-bond donors (Lipinski definition) is 1. The molecule has 0 saturated heterocycles. The first kappa shape index (κ1) is 19.6. The van der Waals surface area contributed by atoms with Crippen LogP contribution in [0.5, 0.6) is 5.75 Å². The summed E-state index contributed by atoms with van der Waals surface area (Å²) in [4.78, 5) is 0. The summed E-state index contributed by atoms with van der Waals surface area (Å²) >= 11 is 0. The van der Waals surface area contributed by atoms with E-state index in [0.29, 0.717) is 13.4 Å². The highest BCUT2D eigenvalue weighted by Gasteiger charge is 2.17. The summed E-state index contributed by atoms with van der Waals surface area (Å²) in [6.07, 6.45) is 0. The van der Waals surface area contributed by atoms with Gasteiger partial charge >= 0.3 is 7.69 Å². The molecule has 1 N–H and O–H groups in total. The molecular formula is C30H20BO2. The van der Waals surface area contributed by atoms with Crippen LogP contribution in [0.4, 0.5) is 0 Å². The van der Waals surface area contributed by atoms with Crippen LogP contribution < -0.4 is 4.65 Å². The monoisotopic (exact) mass is 423 g/mol. The zero-order valence-electron chi connectivity index (χ0n) is 17.9. The Morgan fingerprint density at radius 1 is 0.485 bits per heavy atom. The van der Waals surface area contributed by atoms with E-state index in [1.165, 1.54) is 49.0 Å². The van der Waals surface area contributed by atoms with Crippen LogP contribution in [0.25, 0.3) is 54.6 Å². The maximum atomic E-state index is 8.96. The first-order valence-corrected chi connectivity index (χ1v) is 11.0. The lowest BCUT2D eigenvalue weighted by atomic mass is 9.85. The van der Waals surface area contributed by atoms with Crippen molar-refractivity contribution in [2.75, 3.05) is 0 Å². The van der Waals surface area contributed by atoms with E-state index in [1.54, 1.807) is 0 Å². The van der Waals surface area contributed by atoms with Crippen LogP contribution in [0.1, 0.15) is 0 Å². The third-order valence-corrected chi connectivity index (χ3v) is 6.32. The minimum Gasteiger partial charge on any atom is -0.537 e. The van der Waals surface area contributed by atoms with Gasteiger partial charge in [-0.1, -0.05) is 103 Å². The largest absolute Gasteiger partial charge is 0.569 e. The van der Waals surface area contributed by atoms with E-state index >= 15 is 0 Å². The molecular weight excluding hydrogens is 403 g/mol. The molecule has 0 saturated carbocycles. The predicted octanol–water partition coefficient (Wildman–Crippen LogP) is 7.39. The maximum absolute atomic E-state index is 8.96. The van der Waals surface area contributed by atoms with E-state index in [9.17, 15) is 0 Å². The van der Waals surface area contributed by atoms with Crippen molar-refractivity contribution < 1.29 is 9.68 Å². The molecule has 0 spiro atoms. The van der Waals surface area contributed by atoms with Crippen LogP contribution in [0, 0.1) is 0 Å². The van der Waals surface area contributed by atoms with Gasteiger partial charge in [0.2, 0.25) is 0 Å². The summed E-state index contributed by atoms with van der Waals surface area (Å²) in [6, 6.07) is 40.3. The number of benzene rings is 6. The molecule has 2 nitrogen and oxygen atoms in total. The maximum Gasteiger partial charge on any atom is 0.569 e. The Hall–Kier alpha value is -4.08. The van der Waals surface area contributed by atoms with Crippen LogP contribution >= 0.6 is 0 Å². The Morgan fingerprint density at radius 3 is 1.61 bits per heavy atom.